The molecular weight excluding hydrogens is 322 g/mol. The average molecular weight is 343 g/mol. The van der Waals surface area contributed by atoms with E-state index in [9.17, 15) is 4.79 Å². The van der Waals surface area contributed by atoms with Gasteiger partial charge in [-0.15, -0.1) is 0 Å². The molecule has 0 aliphatic rings. The molecule has 0 heterocycles. The molecule has 0 bridgehead atoms. The molecule has 0 aliphatic heterocycles. The number of nitrogens with one attached hydrogen (secondary N) is 1. The van der Waals surface area contributed by atoms with Crippen LogP contribution in [0.1, 0.15) is 16.7 Å². The lowest BCUT2D eigenvalue weighted by Gasteiger charge is -2.10. The van der Waals surface area contributed by atoms with Crippen molar-refractivity contribution in [3.05, 3.63) is 102 Å². The van der Waals surface area contributed by atoms with Crippen LogP contribution in [0.4, 0.5) is 0 Å². The lowest BCUT2D eigenvalue weighted by molar-refractivity contribution is -0.115. The fraction of sp³-hybridized carbons (Fsp3) is 0.0870. The minimum atomic E-state index is -0.101. The first-order chi connectivity index (χ1) is 12.8. The quantitative estimate of drug-likeness (QED) is 0.527. The zero-order valence-corrected chi connectivity index (χ0v) is 14.7. The van der Waals surface area contributed by atoms with E-state index < -0.39 is 0 Å². The number of carbonyl (C=O) groups excluding carboxylic acids is 1. The summed E-state index contributed by atoms with van der Waals surface area (Å²) in [4.78, 5) is 12.8. The average Bonchev–Trinajstić information content (AvgIpc) is 2.72. The third kappa shape index (κ3) is 4.61. The molecular formula is C23H21NO2. The first-order valence-electron chi connectivity index (χ1n) is 8.49. The van der Waals surface area contributed by atoms with E-state index in [1.54, 1.807) is 7.11 Å². The molecule has 0 fully saturated rings. The van der Waals surface area contributed by atoms with Crippen molar-refractivity contribution in [3.8, 4) is 5.75 Å². The van der Waals surface area contributed by atoms with Crippen molar-refractivity contribution < 1.29 is 9.53 Å². The summed E-state index contributed by atoms with van der Waals surface area (Å²) in [5, 5.41) is 3.01. The Balaban J connectivity index is 1.85. The first kappa shape index (κ1) is 17.5. The van der Waals surface area contributed by atoms with Crippen molar-refractivity contribution >= 4 is 17.6 Å². The first-order valence-corrected chi connectivity index (χ1v) is 8.49. The van der Waals surface area contributed by atoms with Gasteiger partial charge in [-0.1, -0.05) is 72.8 Å². The van der Waals surface area contributed by atoms with Crippen molar-refractivity contribution in [2.75, 3.05) is 7.11 Å². The number of ether oxygens (including phenoxy) is 1. The van der Waals surface area contributed by atoms with Crippen LogP contribution in [0.15, 0.2) is 84.9 Å². The van der Waals surface area contributed by atoms with E-state index in [0.717, 1.165) is 22.4 Å². The maximum absolute atomic E-state index is 12.8. The van der Waals surface area contributed by atoms with E-state index in [-0.39, 0.29) is 5.91 Å². The van der Waals surface area contributed by atoms with Crippen molar-refractivity contribution in [1.82, 2.24) is 5.32 Å². The van der Waals surface area contributed by atoms with Gasteiger partial charge in [0.15, 0.2) is 0 Å². The fourth-order valence-electron chi connectivity index (χ4n) is 2.64. The maximum atomic E-state index is 12.8. The Morgan fingerprint density at radius 2 is 1.50 bits per heavy atom. The highest BCUT2D eigenvalue weighted by atomic mass is 16.5. The molecule has 130 valence electrons. The third-order valence-electron chi connectivity index (χ3n) is 4.05. The van der Waals surface area contributed by atoms with Crippen LogP contribution in [0.25, 0.3) is 11.6 Å². The summed E-state index contributed by atoms with van der Waals surface area (Å²) in [7, 11) is 1.64. The van der Waals surface area contributed by atoms with Gasteiger partial charge in [-0.3, -0.25) is 4.79 Å². The zero-order valence-electron chi connectivity index (χ0n) is 14.7. The fourth-order valence-corrected chi connectivity index (χ4v) is 2.64. The Morgan fingerprint density at radius 3 is 2.12 bits per heavy atom. The molecule has 0 aromatic heterocycles. The second-order valence-corrected chi connectivity index (χ2v) is 5.87. The molecule has 3 aromatic carbocycles. The predicted molar refractivity (Wildman–Crippen MR) is 106 cm³/mol. The summed E-state index contributed by atoms with van der Waals surface area (Å²) in [6.45, 7) is 0.493. The third-order valence-corrected chi connectivity index (χ3v) is 4.05. The summed E-state index contributed by atoms with van der Waals surface area (Å²) < 4.78 is 5.19. The van der Waals surface area contributed by atoms with Gasteiger partial charge in [-0.2, -0.15) is 0 Å². The van der Waals surface area contributed by atoms with Crippen molar-refractivity contribution in [3.63, 3.8) is 0 Å². The van der Waals surface area contributed by atoms with Gasteiger partial charge in [-0.25, -0.2) is 0 Å². The monoisotopic (exact) mass is 343 g/mol. The van der Waals surface area contributed by atoms with E-state index in [4.69, 9.17) is 4.74 Å². The highest BCUT2D eigenvalue weighted by molar-refractivity contribution is 6.24. The molecule has 0 saturated heterocycles. The van der Waals surface area contributed by atoms with Crippen LogP contribution in [0.2, 0.25) is 0 Å². The minimum absolute atomic E-state index is 0.101. The molecule has 1 N–H and O–H groups in total. The molecule has 3 heteroatoms. The van der Waals surface area contributed by atoms with Crippen LogP contribution in [0, 0.1) is 0 Å². The molecule has 0 atom stereocenters. The van der Waals surface area contributed by atoms with E-state index in [2.05, 4.69) is 5.32 Å². The van der Waals surface area contributed by atoms with Crippen LogP contribution in [0.5, 0.6) is 5.75 Å². The highest BCUT2D eigenvalue weighted by Crippen LogP contribution is 2.20. The second kappa shape index (κ2) is 8.67. The summed E-state index contributed by atoms with van der Waals surface area (Å²) in [5.41, 5.74) is 3.53. The topological polar surface area (TPSA) is 38.3 Å². The Bertz CT molecular complexity index is 869. The Kier molecular flexibility index (Phi) is 5.84. The van der Waals surface area contributed by atoms with Gasteiger partial charge >= 0.3 is 0 Å². The summed E-state index contributed by atoms with van der Waals surface area (Å²) in [5.74, 6) is 0.688. The molecule has 0 spiro atoms. The zero-order chi connectivity index (χ0) is 18.2. The van der Waals surface area contributed by atoms with Crippen molar-refractivity contribution in [1.29, 1.82) is 0 Å². The summed E-state index contributed by atoms with van der Waals surface area (Å²) in [6.07, 6.45) is 1.90. The molecule has 0 radical (unpaired) electrons. The van der Waals surface area contributed by atoms with Gasteiger partial charge < -0.3 is 10.1 Å². The Hall–Kier alpha value is -3.33. The highest BCUT2D eigenvalue weighted by Gasteiger charge is 2.12. The molecule has 3 aromatic rings. The minimum Gasteiger partial charge on any atom is -0.497 e. The molecule has 3 rings (SSSR count). The van der Waals surface area contributed by atoms with Crippen LogP contribution >= 0.6 is 0 Å². The van der Waals surface area contributed by atoms with Crippen LogP contribution in [-0.4, -0.2) is 13.0 Å². The molecule has 3 nitrogen and oxygen atoms in total. The number of hydrogen-bond donors (Lipinski definition) is 1. The molecule has 0 saturated carbocycles. The number of benzene rings is 3. The largest absolute Gasteiger partial charge is 0.497 e. The number of amides is 1. The summed E-state index contributed by atoms with van der Waals surface area (Å²) >= 11 is 0. The standard InChI is InChI=1S/C23H21NO2/c1-26-21-14-12-18(13-15-21)16-22(20-10-6-3-7-11-20)23(25)24-17-19-8-4-2-5-9-19/h2-16H,17H2,1H3,(H,24,25)/b22-16-. The van der Waals surface area contributed by atoms with Gasteiger partial charge in [0.25, 0.3) is 5.91 Å². The smallest absolute Gasteiger partial charge is 0.252 e. The van der Waals surface area contributed by atoms with Gasteiger partial charge in [0.2, 0.25) is 0 Å². The number of methoxy groups -OCH3 is 1. The van der Waals surface area contributed by atoms with Crippen molar-refractivity contribution in [2.24, 2.45) is 0 Å². The van der Waals surface area contributed by atoms with Gasteiger partial charge in [0, 0.05) is 12.1 Å². The predicted octanol–water partition coefficient (Wildman–Crippen LogP) is 4.55. The lowest BCUT2D eigenvalue weighted by atomic mass is 10.0. The molecule has 0 aliphatic carbocycles. The second-order valence-electron chi connectivity index (χ2n) is 5.87. The van der Waals surface area contributed by atoms with Crippen LogP contribution in [0.3, 0.4) is 0 Å². The van der Waals surface area contributed by atoms with E-state index in [1.807, 2.05) is 91.0 Å². The summed E-state index contributed by atoms with van der Waals surface area (Å²) in [6, 6.07) is 27.2. The normalized spacial score (nSPS) is 11.0. The van der Waals surface area contributed by atoms with Crippen molar-refractivity contribution in [2.45, 2.75) is 6.54 Å². The number of rotatable bonds is 6. The van der Waals surface area contributed by atoms with E-state index in [0.29, 0.717) is 12.1 Å². The number of carbonyl (C=O) groups is 1. The Morgan fingerprint density at radius 1 is 0.885 bits per heavy atom. The van der Waals surface area contributed by atoms with Crippen LogP contribution < -0.4 is 10.1 Å². The molecule has 1 amide bonds. The Labute approximate surface area is 154 Å². The maximum Gasteiger partial charge on any atom is 0.252 e. The SMILES string of the molecule is COc1ccc(/C=C(\C(=O)NCc2ccccc2)c2ccccc2)cc1. The van der Waals surface area contributed by atoms with E-state index in [1.165, 1.54) is 0 Å². The van der Waals surface area contributed by atoms with E-state index >= 15 is 0 Å². The molecule has 26 heavy (non-hydrogen) atoms. The molecule has 0 unspecified atom stereocenters. The van der Waals surface area contributed by atoms with Gasteiger partial charge in [0.1, 0.15) is 5.75 Å². The van der Waals surface area contributed by atoms with Gasteiger partial charge in [-0.05, 0) is 34.9 Å². The number of hydrogen-bond acceptors (Lipinski definition) is 2. The lowest BCUT2D eigenvalue weighted by Crippen LogP contribution is -2.23. The van der Waals surface area contributed by atoms with Crippen LogP contribution in [-0.2, 0) is 11.3 Å². The van der Waals surface area contributed by atoms with Gasteiger partial charge in [0.05, 0.1) is 7.11 Å².